The maximum atomic E-state index is 13.3. The zero-order valence-corrected chi connectivity index (χ0v) is 14.7. The Kier molecular flexibility index (Phi) is 6.24. The quantitative estimate of drug-likeness (QED) is 0.605. The topological polar surface area (TPSA) is 84.7 Å². The first kappa shape index (κ1) is 19.3. The molecule has 0 fully saturated rings. The van der Waals surface area contributed by atoms with Gasteiger partial charge in [-0.1, -0.05) is 12.1 Å². The molecule has 0 radical (unpaired) electrons. The first-order valence-electron chi connectivity index (χ1n) is 7.89. The lowest BCUT2D eigenvalue weighted by molar-refractivity contribution is -0.384. The number of nitrogens with zero attached hydrogens (tertiary/aromatic N) is 2. The number of amides is 1. The predicted molar refractivity (Wildman–Crippen MR) is 95.6 cm³/mol. The number of benzene rings is 2. The molecule has 1 amide bonds. The Bertz CT molecular complexity index is 813. The van der Waals surface area contributed by atoms with E-state index in [1.165, 1.54) is 37.4 Å². The maximum Gasteiger partial charge on any atom is 0.271 e. The van der Waals surface area contributed by atoms with Crippen LogP contribution in [0.25, 0.3) is 0 Å². The SMILES string of the molecule is COc1ccc([N+](=O)[O-])cc1NC(=O)[C@@H](C)N(C)Cc1cccc(F)c1. The molecular weight excluding hydrogens is 341 g/mol. The van der Waals surface area contributed by atoms with Gasteiger partial charge in [-0.2, -0.15) is 0 Å². The number of rotatable bonds is 7. The van der Waals surface area contributed by atoms with Crippen LogP contribution >= 0.6 is 0 Å². The molecule has 0 bridgehead atoms. The van der Waals surface area contributed by atoms with E-state index in [1.54, 1.807) is 31.0 Å². The number of nitrogens with one attached hydrogen (secondary N) is 1. The van der Waals surface area contributed by atoms with E-state index in [1.807, 2.05) is 0 Å². The van der Waals surface area contributed by atoms with Crippen molar-refractivity contribution in [1.82, 2.24) is 4.90 Å². The van der Waals surface area contributed by atoms with Crippen molar-refractivity contribution in [3.8, 4) is 5.75 Å². The standard InChI is InChI=1S/C18H20FN3O4/c1-12(21(2)11-13-5-4-6-14(19)9-13)18(23)20-16-10-15(22(24)25)7-8-17(16)26-3/h4-10,12H,11H2,1-3H3,(H,20,23)/t12-/m1/s1. The van der Waals surface area contributed by atoms with Crippen molar-refractivity contribution >= 4 is 17.3 Å². The summed E-state index contributed by atoms with van der Waals surface area (Å²) in [6.45, 7) is 2.07. The molecule has 0 saturated heterocycles. The molecule has 0 aliphatic rings. The van der Waals surface area contributed by atoms with E-state index in [9.17, 15) is 19.3 Å². The van der Waals surface area contributed by atoms with E-state index in [-0.39, 0.29) is 23.1 Å². The van der Waals surface area contributed by atoms with Crippen molar-refractivity contribution in [3.05, 3.63) is 64.0 Å². The molecule has 0 aliphatic carbocycles. The molecule has 1 atom stereocenters. The third-order valence-electron chi connectivity index (χ3n) is 4.01. The normalized spacial score (nSPS) is 11.9. The Hall–Kier alpha value is -3.00. The maximum absolute atomic E-state index is 13.3. The fourth-order valence-corrected chi connectivity index (χ4v) is 2.40. The molecule has 1 N–H and O–H groups in total. The Labute approximate surface area is 150 Å². The van der Waals surface area contributed by atoms with E-state index >= 15 is 0 Å². The minimum absolute atomic E-state index is 0.151. The van der Waals surface area contributed by atoms with Crippen molar-refractivity contribution in [2.75, 3.05) is 19.5 Å². The van der Waals surface area contributed by atoms with Crippen molar-refractivity contribution in [2.45, 2.75) is 19.5 Å². The lowest BCUT2D eigenvalue weighted by atomic mass is 10.1. The van der Waals surface area contributed by atoms with Crippen LogP contribution in [0.15, 0.2) is 42.5 Å². The zero-order valence-electron chi connectivity index (χ0n) is 14.7. The number of non-ortho nitro benzene ring substituents is 1. The largest absolute Gasteiger partial charge is 0.495 e. The van der Waals surface area contributed by atoms with E-state index < -0.39 is 11.0 Å². The number of likely N-dealkylation sites (N-methyl/N-ethyl adjacent to an activating group) is 1. The summed E-state index contributed by atoms with van der Waals surface area (Å²) < 4.78 is 18.4. The Morgan fingerprint density at radius 2 is 2.08 bits per heavy atom. The molecule has 0 spiro atoms. The molecule has 7 nitrogen and oxygen atoms in total. The number of halogens is 1. The number of ether oxygens (including phenoxy) is 1. The first-order chi connectivity index (χ1) is 12.3. The van der Waals surface area contributed by atoms with E-state index in [0.29, 0.717) is 12.3 Å². The summed E-state index contributed by atoms with van der Waals surface area (Å²) in [7, 11) is 3.15. The van der Waals surface area contributed by atoms with Gasteiger partial charge in [-0.05, 0) is 37.7 Å². The second-order valence-corrected chi connectivity index (χ2v) is 5.85. The highest BCUT2D eigenvalue weighted by atomic mass is 19.1. The summed E-state index contributed by atoms with van der Waals surface area (Å²) in [6, 6.07) is 9.56. The summed E-state index contributed by atoms with van der Waals surface area (Å²) in [5.41, 5.74) is 0.805. The molecule has 0 aromatic heterocycles. The third-order valence-corrected chi connectivity index (χ3v) is 4.01. The number of hydrogen-bond acceptors (Lipinski definition) is 5. The molecule has 8 heteroatoms. The van der Waals surface area contributed by atoms with Gasteiger partial charge in [-0.15, -0.1) is 0 Å². The molecule has 0 heterocycles. The number of carbonyl (C=O) groups is 1. The molecule has 2 aromatic carbocycles. The Morgan fingerprint density at radius 1 is 1.35 bits per heavy atom. The van der Waals surface area contributed by atoms with Gasteiger partial charge in [0, 0.05) is 18.7 Å². The van der Waals surface area contributed by atoms with Crippen LogP contribution in [0.4, 0.5) is 15.8 Å². The Morgan fingerprint density at radius 3 is 2.69 bits per heavy atom. The van der Waals surface area contributed by atoms with Gasteiger partial charge in [0.25, 0.3) is 5.69 Å². The highest BCUT2D eigenvalue weighted by Gasteiger charge is 2.21. The summed E-state index contributed by atoms with van der Waals surface area (Å²) in [5, 5.41) is 13.6. The smallest absolute Gasteiger partial charge is 0.271 e. The van der Waals surface area contributed by atoms with E-state index in [0.717, 1.165) is 5.56 Å². The van der Waals surface area contributed by atoms with Crippen LogP contribution in [0, 0.1) is 15.9 Å². The number of anilines is 1. The van der Waals surface area contributed by atoms with Crippen LogP contribution in [0.5, 0.6) is 5.75 Å². The zero-order chi connectivity index (χ0) is 19.3. The molecular formula is C18H20FN3O4. The molecule has 2 aromatic rings. The fourth-order valence-electron chi connectivity index (χ4n) is 2.40. The van der Waals surface area contributed by atoms with Crippen molar-refractivity contribution in [1.29, 1.82) is 0 Å². The van der Waals surface area contributed by atoms with Crippen LogP contribution in [0.1, 0.15) is 12.5 Å². The number of methoxy groups -OCH3 is 1. The Balaban J connectivity index is 2.10. The van der Waals surface area contributed by atoms with Crippen LogP contribution in [-0.4, -0.2) is 35.9 Å². The number of hydrogen-bond donors (Lipinski definition) is 1. The van der Waals surface area contributed by atoms with Gasteiger partial charge < -0.3 is 10.1 Å². The van der Waals surface area contributed by atoms with Gasteiger partial charge in [-0.25, -0.2) is 4.39 Å². The van der Waals surface area contributed by atoms with Crippen molar-refractivity contribution < 1.29 is 18.8 Å². The van der Waals surface area contributed by atoms with Crippen molar-refractivity contribution in [3.63, 3.8) is 0 Å². The van der Waals surface area contributed by atoms with Gasteiger partial charge >= 0.3 is 0 Å². The van der Waals surface area contributed by atoms with Crippen LogP contribution in [-0.2, 0) is 11.3 Å². The number of nitro groups is 1. The highest BCUT2D eigenvalue weighted by Crippen LogP contribution is 2.29. The highest BCUT2D eigenvalue weighted by molar-refractivity contribution is 5.96. The molecule has 0 aliphatic heterocycles. The minimum atomic E-state index is -0.553. The van der Waals surface area contributed by atoms with E-state index in [4.69, 9.17) is 4.74 Å². The minimum Gasteiger partial charge on any atom is -0.495 e. The van der Waals surface area contributed by atoms with Crippen molar-refractivity contribution in [2.24, 2.45) is 0 Å². The molecule has 138 valence electrons. The van der Waals surface area contributed by atoms with Gasteiger partial charge in [-0.3, -0.25) is 19.8 Å². The van der Waals surface area contributed by atoms with Crippen LogP contribution in [0.3, 0.4) is 0 Å². The summed E-state index contributed by atoms with van der Waals surface area (Å²) >= 11 is 0. The number of carbonyl (C=O) groups excluding carboxylic acids is 1. The average molecular weight is 361 g/mol. The van der Waals surface area contributed by atoms with Gasteiger partial charge in [0.1, 0.15) is 11.6 Å². The van der Waals surface area contributed by atoms with Crippen LogP contribution < -0.4 is 10.1 Å². The summed E-state index contributed by atoms with van der Waals surface area (Å²) in [6.07, 6.45) is 0. The summed E-state index contributed by atoms with van der Waals surface area (Å²) in [4.78, 5) is 24.6. The second-order valence-electron chi connectivity index (χ2n) is 5.85. The van der Waals surface area contributed by atoms with Crippen LogP contribution in [0.2, 0.25) is 0 Å². The second kappa shape index (κ2) is 8.39. The lowest BCUT2D eigenvalue weighted by Crippen LogP contribution is -2.39. The first-order valence-corrected chi connectivity index (χ1v) is 7.89. The average Bonchev–Trinajstić information content (AvgIpc) is 2.60. The molecule has 2 rings (SSSR count). The molecule has 0 saturated carbocycles. The monoisotopic (exact) mass is 361 g/mol. The molecule has 26 heavy (non-hydrogen) atoms. The third kappa shape index (κ3) is 4.76. The van der Waals surface area contributed by atoms with Gasteiger partial charge in [0.15, 0.2) is 0 Å². The lowest BCUT2D eigenvalue weighted by Gasteiger charge is -2.24. The predicted octanol–water partition coefficient (Wildman–Crippen LogP) is 3.20. The molecule has 0 unspecified atom stereocenters. The van der Waals surface area contributed by atoms with Gasteiger partial charge in [0.05, 0.1) is 23.8 Å². The van der Waals surface area contributed by atoms with Gasteiger partial charge in [0.2, 0.25) is 5.91 Å². The number of nitro benzene ring substituents is 1. The van der Waals surface area contributed by atoms with E-state index in [2.05, 4.69) is 5.32 Å². The fraction of sp³-hybridized carbons (Fsp3) is 0.278. The summed E-state index contributed by atoms with van der Waals surface area (Å²) in [5.74, 6) is -0.374.